The number of nitrogens with one attached hydrogen (secondary N) is 2. The highest BCUT2D eigenvalue weighted by Gasteiger charge is 2.31. The second-order valence-corrected chi connectivity index (χ2v) is 8.90. The van der Waals surface area contributed by atoms with Crippen LogP contribution in [0.25, 0.3) is 5.69 Å². The monoisotopic (exact) mass is 532 g/mol. The zero-order chi connectivity index (χ0) is 28.2. The van der Waals surface area contributed by atoms with Gasteiger partial charge in [-0.2, -0.15) is 13.2 Å². The van der Waals surface area contributed by atoms with Crippen LogP contribution in [0.4, 0.5) is 24.7 Å². The Balaban J connectivity index is 1.55. The summed E-state index contributed by atoms with van der Waals surface area (Å²) in [7, 11) is 0. The van der Waals surface area contributed by atoms with Crippen molar-refractivity contribution in [2.24, 2.45) is 5.92 Å². The van der Waals surface area contributed by atoms with Gasteiger partial charge in [0.15, 0.2) is 5.82 Å². The molecule has 4 rings (SSSR count). The molecule has 11 heteroatoms. The Labute approximate surface area is 222 Å². The number of anilines is 2. The second-order valence-electron chi connectivity index (χ2n) is 8.90. The minimum Gasteiger partial charge on any atom is -0.322 e. The normalized spacial score (nSPS) is 11.1. The number of amides is 2. The maximum atomic E-state index is 13.5. The third kappa shape index (κ3) is 6.87. The lowest BCUT2D eigenvalue weighted by molar-refractivity contribution is -0.137. The average Bonchev–Trinajstić information content (AvgIpc) is 3.43. The molecule has 0 radical (unpaired) electrons. The molecule has 0 fully saturated rings. The summed E-state index contributed by atoms with van der Waals surface area (Å²) in [6.45, 7) is 5.33. The largest absolute Gasteiger partial charge is 0.416 e. The van der Waals surface area contributed by atoms with Crippen LogP contribution >= 0.6 is 0 Å². The first-order valence-corrected chi connectivity index (χ1v) is 11.8. The molecule has 198 valence electrons. The molecule has 8 nitrogen and oxygen atoms in total. The first-order valence-electron chi connectivity index (χ1n) is 11.8. The summed E-state index contributed by atoms with van der Waals surface area (Å²) < 4.78 is 41.9. The van der Waals surface area contributed by atoms with E-state index in [0.29, 0.717) is 17.1 Å². The van der Waals surface area contributed by atoms with Crippen molar-refractivity contribution < 1.29 is 22.8 Å². The Morgan fingerprint density at radius 3 is 2.44 bits per heavy atom. The smallest absolute Gasteiger partial charge is 0.322 e. The number of carbonyl (C=O) groups excluding carboxylic acids is 2. The Morgan fingerprint density at radius 1 is 1.00 bits per heavy atom. The maximum absolute atomic E-state index is 13.5. The predicted molar refractivity (Wildman–Crippen MR) is 139 cm³/mol. The van der Waals surface area contributed by atoms with Gasteiger partial charge in [-0.3, -0.25) is 9.59 Å². The molecule has 2 aromatic heterocycles. The number of nitrogens with zero attached hydrogens (tertiary/aromatic N) is 4. The van der Waals surface area contributed by atoms with E-state index in [1.165, 1.54) is 41.7 Å². The van der Waals surface area contributed by atoms with Crippen molar-refractivity contribution in [3.8, 4) is 17.5 Å². The lowest BCUT2D eigenvalue weighted by Crippen LogP contribution is -2.18. The zero-order valence-corrected chi connectivity index (χ0v) is 21.2. The molecule has 2 amide bonds. The van der Waals surface area contributed by atoms with Crippen LogP contribution in [0, 0.1) is 24.7 Å². The topological polar surface area (TPSA) is 102 Å². The summed E-state index contributed by atoms with van der Waals surface area (Å²) in [5.74, 6) is 5.13. The molecular formula is C28H23F3N6O2. The summed E-state index contributed by atoms with van der Waals surface area (Å²) in [6, 6.07) is 8.08. The predicted octanol–water partition coefficient (Wildman–Crippen LogP) is 5.24. The minimum absolute atomic E-state index is 0.0216. The van der Waals surface area contributed by atoms with Gasteiger partial charge in [0, 0.05) is 40.8 Å². The number of hydrogen-bond donors (Lipinski definition) is 2. The van der Waals surface area contributed by atoms with Gasteiger partial charge in [-0.1, -0.05) is 25.8 Å². The van der Waals surface area contributed by atoms with Crippen molar-refractivity contribution in [1.82, 2.24) is 19.5 Å². The highest BCUT2D eigenvalue weighted by molar-refractivity contribution is 6.04. The van der Waals surface area contributed by atoms with Crippen molar-refractivity contribution in [3.05, 3.63) is 95.5 Å². The molecule has 2 heterocycles. The molecule has 0 aliphatic carbocycles. The van der Waals surface area contributed by atoms with E-state index in [0.717, 1.165) is 17.7 Å². The number of imidazole rings is 1. The number of aromatic nitrogens is 4. The van der Waals surface area contributed by atoms with Crippen molar-refractivity contribution >= 4 is 23.3 Å². The Hall–Kier alpha value is -4.98. The van der Waals surface area contributed by atoms with E-state index in [9.17, 15) is 22.8 Å². The maximum Gasteiger partial charge on any atom is 0.416 e. The van der Waals surface area contributed by atoms with E-state index in [-0.39, 0.29) is 28.8 Å². The van der Waals surface area contributed by atoms with E-state index in [2.05, 4.69) is 37.4 Å². The fraction of sp³-hybridized carbons (Fsp3) is 0.179. The van der Waals surface area contributed by atoms with Crippen molar-refractivity contribution in [3.63, 3.8) is 0 Å². The highest BCUT2D eigenvalue weighted by atomic mass is 19.4. The quantitative estimate of drug-likeness (QED) is 0.343. The summed E-state index contributed by atoms with van der Waals surface area (Å²) in [5, 5.41) is 5.19. The van der Waals surface area contributed by atoms with E-state index in [1.54, 1.807) is 32.0 Å². The first kappa shape index (κ1) is 27.1. The molecular weight excluding hydrogens is 509 g/mol. The van der Waals surface area contributed by atoms with Crippen molar-refractivity contribution in [1.29, 1.82) is 0 Å². The van der Waals surface area contributed by atoms with Gasteiger partial charge in [0.25, 0.3) is 5.91 Å². The molecule has 2 aromatic carbocycles. The molecule has 0 aliphatic heterocycles. The van der Waals surface area contributed by atoms with Gasteiger partial charge in [0.2, 0.25) is 5.91 Å². The van der Waals surface area contributed by atoms with Gasteiger partial charge in [-0.15, -0.1) is 0 Å². The lowest BCUT2D eigenvalue weighted by atomic mass is 10.0. The van der Waals surface area contributed by atoms with Crippen LogP contribution < -0.4 is 10.6 Å². The molecule has 2 N–H and O–H groups in total. The van der Waals surface area contributed by atoms with Crippen LogP contribution in [0.15, 0.2) is 67.5 Å². The molecule has 0 saturated heterocycles. The van der Waals surface area contributed by atoms with Crippen LogP contribution in [0.2, 0.25) is 0 Å². The average molecular weight is 533 g/mol. The van der Waals surface area contributed by atoms with Crippen LogP contribution in [0.5, 0.6) is 0 Å². The molecule has 0 atom stereocenters. The van der Waals surface area contributed by atoms with Crippen LogP contribution in [0.1, 0.15) is 46.6 Å². The summed E-state index contributed by atoms with van der Waals surface area (Å²) in [6.07, 6.45) is 2.52. The third-order valence-corrected chi connectivity index (χ3v) is 5.56. The number of alkyl halides is 3. The fourth-order valence-electron chi connectivity index (χ4n) is 3.37. The Kier molecular flexibility index (Phi) is 7.76. The summed E-state index contributed by atoms with van der Waals surface area (Å²) >= 11 is 0. The Morgan fingerprint density at radius 2 is 1.79 bits per heavy atom. The Bertz CT molecular complexity index is 1570. The molecule has 0 unspecified atom stereocenters. The van der Waals surface area contributed by atoms with E-state index < -0.39 is 17.6 Å². The lowest BCUT2D eigenvalue weighted by Gasteiger charge is -2.14. The second kappa shape index (κ2) is 11.2. The van der Waals surface area contributed by atoms with Gasteiger partial charge in [-0.25, -0.2) is 15.0 Å². The fourth-order valence-corrected chi connectivity index (χ4v) is 3.37. The molecule has 0 saturated carbocycles. The van der Waals surface area contributed by atoms with Gasteiger partial charge < -0.3 is 15.2 Å². The van der Waals surface area contributed by atoms with Crippen LogP contribution in [0.3, 0.4) is 0 Å². The number of aryl methyl sites for hydroxylation is 1. The molecule has 0 spiro atoms. The SMILES string of the molecule is Cc1ccc(C(=O)Nc2cc(-n3ccnc3)cc(C(F)(F)F)c2)cc1C#Cc1cnc(NC(=O)C(C)C)cn1. The van der Waals surface area contributed by atoms with Crippen LogP contribution in [-0.4, -0.2) is 31.3 Å². The minimum atomic E-state index is -4.61. The van der Waals surface area contributed by atoms with Gasteiger partial charge in [0.05, 0.1) is 24.3 Å². The van der Waals surface area contributed by atoms with Gasteiger partial charge in [-0.05, 0) is 48.7 Å². The summed E-state index contributed by atoms with van der Waals surface area (Å²) in [4.78, 5) is 36.9. The number of benzene rings is 2. The van der Waals surface area contributed by atoms with E-state index in [4.69, 9.17) is 0 Å². The summed E-state index contributed by atoms with van der Waals surface area (Å²) in [5.41, 5.74) is 1.15. The number of carbonyl (C=O) groups is 2. The van der Waals surface area contributed by atoms with Gasteiger partial charge >= 0.3 is 6.18 Å². The van der Waals surface area contributed by atoms with Gasteiger partial charge in [0.1, 0.15) is 5.69 Å². The van der Waals surface area contributed by atoms with Crippen LogP contribution in [-0.2, 0) is 11.0 Å². The highest BCUT2D eigenvalue weighted by Crippen LogP contribution is 2.33. The van der Waals surface area contributed by atoms with E-state index >= 15 is 0 Å². The van der Waals surface area contributed by atoms with Crippen molar-refractivity contribution in [2.75, 3.05) is 10.6 Å². The standard InChI is InChI=1S/C28H23F3N6O2/c1-17(2)26(38)36-25-15-33-22(14-34-25)7-6-19-10-20(5-4-18(19)3)27(39)35-23-11-21(28(29,30)31)12-24(13-23)37-9-8-32-16-37/h4-5,8-17H,1-3H3,(H,35,39)(H,34,36,38). The molecule has 0 bridgehead atoms. The van der Waals surface area contributed by atoms with E-state index in [1.807, 2.05) is 6.92 Å². The number of halogens is 3. The molecule has 39 heavy (non-hydrogen) atoms. The first-order chi connectivity index (χ1) is 18.5. The third-order valence-electron chi connectivity index (χ3n) is 5.56. The van der Waals surface area contributed by atoms with Crippen molar-refractivity contribution in [2.45, 2.75) is 26.9 Å². The molecule has 4 aromatic rings. The zero-order valence-electron chi connectivity index (χ0n) is 21.2. The number of rotatable bonds is 5. The number of hydrogen-bond acceptors (Lipinski definition) is 5. The molecule has 0 aliphatic rings.